The minimum Gasteiger partial charge on any atom is -0.304 e. The van der Waals surface area contributed by atoms with Crippen LogP contribution in [0.4, 0.5) is 0 Å². The molecule has 0 spiro atoms. The summed E-state index contributed by atoms with van der Waals surface area (Å²) < 4.78 is 0. The maximum atomic E-state index is 10.9. The van der Waals surface area contributed by atoms with Crippen molar-refractivity contribution in [2.75, 3.05) is 13.6 Å². The minimum atomic E-state index is 0.234. The lowest BCUT2D eigenvalue weighted by atomic mass is 9.91. The quantitative estimate of drug-likeness (QED) is 0.423. The van der Waals surface area contributed by atoms with E-state index in [1.165, 1.54) is 0 Å². The van der Waals surface area contributed by atoms with Gasteiger partial charge < -0.3 is 10.3 Å². The maximum Gasteiger partial charge on any atom is 0.150 e. The molecule has 148 valence electrons. The number of nitrogens with one attached hydrogen (secondary N) is 1. The molecule has 0 fully saturated rings. The predicted molar refractivity (Wildman–Crippen MR) is 118 cm³/mol. The lowest BCUT2D eigenvalue weighted by Gasteiger charge is -2.30. The summed E-state index contributed by atoms with van der Waals surface area (Å²) in [5.41, 5.74) is 2.38. The Morgan fingerprint density at radius 2 is 1.59 bits per heavy atom. The molecule has 0 aliphatic carbocycles. The van der Waals surface area contributed by atoms with E-state index in [-0.39, 0.29) is 5.92 Å². The number of nitrogens with zero attached hydrogens (tertiary/aromatic N) is 1. The summed E-state index contributed by atoms with van der Waals surface area (Å²) in [6.45, 7) is 11.5. The average Bonchev–Trinajstić information content (AvgIpc) is 2.73. The molecule has 0 amide bonds. The van der Waals surface area contributed by atoms with Crippen LogP contribution < -0.4 is 0 Å². The predicted octanol–water partition coefficient (Wildman–Crippen LogP) is 6.19. The Hall–Kier alpha value is -2.00. The molecule has 0 aliphatic heterocycles. The highest BCUT2D eigenvalue weighted by molar-refractivity contribution is 6.03. The van der Waals surface area contributed by atoms with Crippen LogP contribution in [0.2, 0.25) is 0 Å². The minimum absolute atomic E-state index is 0.234. The van der Waals surface area contributed by atoms with Gasteiger partial charge in [0.15, 0.2) is 0 Å². The molecular weight excluding hydrogens is 332 g/mol. The van der Waals surface area contributed by atoms with Gasteiger partial charge in [-0.1, -0.05) is 58.9 Å². The van der Waals surface area contributed by atoms with Gasteiger partial charge in [-0.05, 0) is 54.8 Å². The number of fused-ring (bicyclic) bond motifs is 1. The van der Waals surface area contributed by atoms with Gasteiger partial charge in [-0.3, -0.25) is 4.79 Å². The summed E-state index contributed by atoms with van der Waals surface area (Å²) in [4.78, 5) is 13.3. The molecule has 0 saturated heterocycles. The Labute approximate surface area is 165 Å². The summed E-state index contributed by atoms with van der Waals surface area (Å²) >= 11 is 0. The highest BCUT2D eigenvalue weighted by atomic mass is 16.1. The van der Waals surface area contributed by atoms with Gasteiger partial charge in [-0.25, -0.2) is 0 Å². The average molecular weight is 369 g/mol. The van der Waals surface area contributed by atoms with E-state index in [1.807, 2.05) is 44.2 Å². The summed E-state index contributed by atoms with van der Waals surface area (Å²) in [5, 5.41) is 10.8. The van der Waals surface area contributed by atoms with Crippen LogP contribution in [-0.2, 0) is 0 Å². The van der Waals surface area contributed by atoms with E-state index in [0.717, 1.165) is 48.4 Å². The Morgan fingerprint density at radius 1 is 1.00 bits per heavy atom. The number of carbonyl (C=O) groups excluding carboxylic acids is 1. The molecule has 1 atom stereocenters. The van der Waals surface area contributed by atoms with E-state index in [1.54, 1.807) is 0 Å². The zero-order valence-corrected chi connectivity index (χ0v) is 17.9. The first kappa shape index (κ1) is 23.0. The Balaban J connectivity index is 0.00000176. The molecule has 2 rings (SSSR count). The number of hydrogen-bond donors (Lipinski definition) is 1. The number of hydrogen-bond acceptors (Lipinski definition) is 3. The first-order valence-corrected chi connectivity index (χ1v) is 10.3. The first-order chi connectivity index (χ1) is 13.0. The molecule has 0 aliphatic rings. The Kier molecular flexibility index (Phi) is 9.95. The lowest BCUT2D eigenvalue weighted by molar-refractivity contribution is 0.112. The lowest BCUT2D eigenvalue weighted by Crippen LogP contribution is -2.37. The number of rotatable bonds is 9. The fourth-order valence-electron chi connectivity index (χ4n) is 3.57. The molecule has 1 unspecified atom stereocenters. The second-order valence-corrected chi connectivity index (χ2v) is 6.87. The number of carbonyl (C=O) groups is 1. The SMILES string of the molecule is CC.CCC(CN(C)C(CC)CC)C(=N)c1ccc2cc(C=O)ccc2c1. The van der Waals surface area contributed by atoms with E-state index >= 15 is 0 Å². The molecule has 0 heterocycles. The van der Waals surface area contributed by atoms with Crippen molar-refractivity contribution >= 4 is 22.8 Å². The second kappa shape index (κ2) is 11.7. The Bertz CT molecular complexity index is 734. The van der Waals surface area contributed by atoms with Crippen LogP contribution in [0.3, 0.4) is 0 Å². The molecule has 27 heavy (non-hydrogen) atoms. The molecule has 0 radical (unpaired) electrons. The maximum absolute atomic E-state index is 10.9. The highest BCUT2D eigenvalue weighted by Crippen LogP contribution is 2.21. The zero-order valence-electron chi connectivity index (χ0n) is 17.9. The number of benzene rings is 2. The van der Waals surface area contributed by atoms with E-state index < -0.39 is 0 Å². The molecule has 0 saturated carbocycles. The van der Waals surface area contributed by atoms with E-state index in [2.05, 4.69) is 38.8 Å². The van der Waals surface area contributed by atoms with Gasteiger partial charge in [0.25, 0.3) is 0 Å². The standard InChI is InChI=1S/C22H30N2O.C2H6/c1-5-17(14-24(4)21(6-2)7-3)22(23)20-11-10-18-12-16(15-25)8-9-19(18)13-20;1-2/h8-13,15,17,21,23H,5-7,14H2,1-4H3;1-2H3. The fraction of sp³-hybridized carbons (Fsp3) is 0.500. The normalized spacial score (nSPS) is 12.0. The molecule has 3 nitrogen and oxygen atoms in total. The van der Waals surface area contributed by atoms with Crippen molar-refractivity contribution in [2.45, 2.75) is 59.9 Å². The molecule has 2 aromatic rings. The molecule has 1 N–H and O–H groups in total. The van der Waals surface area contributed by atoms with Crippen molar-refractivity contribution in [3.05, 3.63) is 47.5 Å². The van der Waals surface area contributed by atoms with Crippen LogP contribution in [-0.4, -0.2) is 36.5 Å². The van der Waals surface area contributed by atoms with E-state index in [9.17, 15) is 4.79 Å². The van der Waals surface area contributed by atoms with Gasteiger partial charge in [0, 0.05) is 29.8 Å². The topological polar surface area (TPSA) is 44.2 Å². The zero-order chi connectivity index (χ0) is 20.4. The Morgan fingerprint density at radius 3 is 2.15 bits per heavy atom. The van der Waals surface area contributed by atoms with Crippen LogP contribution in [0, 0.1) is 11.3 Å². The third-order valence-electron chi connectivity index (χ3n) is 5.29. The summed E-state index contributed by atoms with van der Waals surface area (Å²) in [5.74, 6) is 0.234. The van der Waals surface area contributed by atoms with Crippen molar-refractivity contribution in [3.8, 4) is 0 Å². The van der Waals surface area contributed by atoms with Crippen LogP contribution in [0.5, 0.6) is 0 Å². The van der Waals surface area contributed by atoms with Gasteiger partial charge in [0.2, 0.25) is 0 Å². The van der Waals surface area contributed by atoms with Crippen molar-refractivity contribution in [1.29, 1.82) is 5.41 Å². The molecule has 2 aromatic carbocycles. The highest BCUT2D eigenvalue weighted by Gasteiger charge is 2.20. The smallest absolute Gasteiger partial charge is 0.150 e. The van der Waals surface area contributed by atoms with Gasteiger partial charge in [0.1, 0.15) is 6.29 Å². The number of aldehydes is 1. The summed E-state index contributed by atoms with van der Waals surface area (Å²) in [7, 11) is 2.18. The molecular formula is C24H36N2O. The second-order valence-electron chi connectivity index (χ2n) is 6.87. The van der Waals surface area contributed by atoms with Crippen molar-refractivity contribution in [3.63, 3.8) is 0 Å². The van der Waals surface area contributed by atoms with Gasteiger partial charge in [-0.2, -0.15) is 0 Å². The fourth-order valence-corrected chi connectivity index (χ4v) is 3.57. The van der Waals surface area contributed by atoms with Crippen LogP contribution in [0.1, 0.15) is 69.8 Å². The van der Waals surface area contributed by atoms with Crippen LogP contribution >= 0.6 is 0 Å². The van der Waals surface area contributed by atoms with Gasteiger partial charge in [-0.15, -0.1) is 0 Å². The molecule has 3 heteroatoms. The van der Waals surface area contributed by atoms with Crippen molar-refractivity contribution in [1.82, 2.24) is 4.90 Å². The van der Waals surface area contributed by atoms with Gasteiger partial charge in [0.05, 0.1) is 0 Å². The van der Waals surface area contributed by atoms with Crippen LogP contribution in [0.15, 0.2) is 36.4 Å². The van der Waals surface area contributed by atoms with E-state index in [4.69, 9.17) is 5.41 Å². The first-order valence-electron chi connectivity index (χ1n) is 10.3. The molecule has 0 bridgehead atoms. The summed E-state index contributed by atoms with van der Waals surface area (Å²) in [6, 6.07) is 12.4. The van der Waals surface area contributed by atoms with Gasteiger partial charge >= 0.3 is 0 Å². The third-order valence-corrected chi connectivity index (χ3v) is 5.29. The monoisotopic (exact) mass is 368 g/mol. The summed E-state index contributed by atoms with van der Waals surface area (Å²) in [6.07, 6.45) is 4.12. The third kappa shape index (κ3) is 6.00. The van der Waals surface area contributed by atoms with Crippen molar-refractivity contribution in [2.24, 2.45) is 5.92 Å². The van der Waals surface area contributed by atoms with E-state index in [0.29, 0.717) is 17.3 Å². The largest absolute Gasteiger partial charge is 0.304 e. The van der Waals surface area contributed by atoms with Crippen molar-refractivity contribution < 1.29 is 4.79 Å². The molecule has 0 aromatic heterocycles. The van der Waals surface area contributed by atoms with Crippen LogP contribution in [0.25, 0.3) is 10.8 Å².